The smallest absolute Gasteiger partial charge is 0.221 e. The van der Waals surface area contributed by atoms with Crippen LogP contribution in [0.1, 0.15) is 12.0 Å². The van der Waals surface area contributed by atoms with Gasteiger partial charge in [-0.05, 0) is 17.7 Å². The Morgan fingerprint density at radius 1 is 1.41 bits per heavy atom. The van der Waals surface area contributed by atoms with Crippen LogP contribution in [0.2, 0.25) is 0 Å². The Balaban J connectivity index is 1.91. The molecule has 1 aromatic carbocycles. The Morgan fingerprint density at radius 2 is 2.14 bits per heavy atom. The monoisotopic (exact) mass is 372 g/mol. The van der Waals surface area contributed by atoms with Crippen molar-refractivity contribution < 1.29 is 19.0 Å². The molecule has 0 saturated carbocycles. The second-order valence-electron chi connectivity index (χ2n) is 5.01. The minimum atomic E-state index is -0.00955. The summed E-state index contributed by atoms with van der Waals surface area (Å²) in [6.07, 6.45) is 0.408. The maximum atomic E-state index is 12.0. The molecule has 2 rings (SSSR count). The van der Waals surface area contributed by atoms with Gasteiger partial charge in [-0.3, -0.25) is 4.79 Å². The molecule has 1 fully saturated rings. The van der Waals surface area contributed by atoms with Gasteiger partial charge < -0.3 is 24.8 Å². The zero-order valence-corrected chi connectivity index (χ0v) is 14.4. The first-order chi connectivity index (χ1) is 10.6. The van der Waals surface area contributed by atoms with Crippen LogP contribution < -0.4 is 20.1 Å². The van der Waals surface area contributed by atoms with Crippen molar-refractivity contribution in [2.75, 3.05) is 34.0 Å². The molecule has 0 bridgehead atoms. The van der Waals surface area contributed by atoms with Crippen LogP contribution >= 0.6 is 15.9 Å². The fourth-order valence-corrected chi connectivity index (χ4v) is 2.73. The molecule has 0 spiro atoms. The molecule has 6 nitrogen and oxygen atoms in total. The number of hydrogen-bond donors (Lipinski definition) is 2. The van der Waals surface area contributed by atoms with E-state index in [0.29, 0.717) is 37.7 Å². The van der Waals surface area contributed by atoms with Gasteiger partial charge in [0.25, 0.3) is 0 Å². The minimum Gasteiger partial charge on any atom is -0.493 e. The van der Waals surface area contributed by atoms with Gasteiger partial charge in [0.1, 0.15) is 0 Å². The lowest BCUT2D eigenvalue weighted by Crippen LogP contribution is -2.44. The average molecular weight is 373 g/mol. The number of hydrogen-bond acceptors (Lipinski definition) is 5. The molecule has 1 atom stereocenters. The third-order valence-electron chi connectivity index (χ3n) is 3.46. The second kappa shape index (κ2) is 8.36. The van der Waals surface area contributed by atoms with Crippen molar-refractivity contribution in [3.05, 3.63) is 22.2 Å². The van der Waals surface area contributed by atoms with E-state index in [1.165, 1.54) is 0 Å². The summed E-state index contributed by atoms with van der Waals surface area (Å²) >= 11 is 3.48. The van der Waals surface area contributed by atoms with E-state index >= 15 is 0 Å². The predicted molar refractivity (Wildman–Crippen MR) is 86.3 cm³/mol. The van der Waals surface area contributed by atoms with Crippen LogP contribution in [0.4, 0.5) is 0 Å². The van der Waals surface area contributed by atoms with E-state index in [9.17, 15) is 4.79 Å². The van der Waals surface area contributed by atoms with Gasteiger partial charge >= 0.3 is 0 Å². The average Bonchev–Trinajstić information content (AvgIpc) is 2.54. The van der Waals surface area contributed by atoms with E-state index < -0.39 is 0 Å². The van der Waals surface area contributed by atoms with Crippen LogP contribution in [0.25, 0.3) is 0 Å². The van der Waals surface area contributed by atoms with Crippen molar-refractivity contribution in [1.29, 1.82) is 0 Å². The number of methoxy groups -OCH3 is 2. The molecule has 1 amide bonds. The molecule has 1 saturated heterocycles. The number of morpholine rings is 1. The summed E-state index contributed by atoms with van der Waals surface area (Å²) in [6.45, 7) is 2.50. The number of rotatable bonds is 6. The first-order valence-electron chi connectivity index (χ1n) is 7.12. The fourth-order valence-electron chi connectivity index (χ4n) is 2.27. The van der Waals surface area contributed by atoms with Gasteiger partial charge in [-0.2, -0.15) is 0 Å². The molecular weight excluding hydrogens is 352 g/mol. The number of amides is 1. The molecule has 0 aromatic heterocycles. The van der Waals surface area contributed by atoms with Gasteiger partial charge in [-0.25, -0.2) is 0 Å². The third kappa shape index (κ3) is 4.59. The highest BCUT2D eigenvalue weighted by atomic mass is 79.9. The topological polar surface area (TPSA) is 68.8 Å². The van der Waals surface area contributed by atoms with Gasteiger partial charge in [0.2, 0.25) is 5.91 Å². The molecular formula is C15H21BrN2O4. The number of halogens is 1. The van der Waals surface area contributed by atoms with E-state index in [1.54, 1.807) is 14.2 Å². The fraction of sp³-hybridized carbons (Fsp3) is 0.533. The maximum absolute atomic E-state index is 12.0. The first-order valence-corrected chi connectivity index (χ1v) is 7.91. The summed E-state index contributed by atoms with van der Waals surface area (Å²) in [5.41, 5.74) is 0.929. The number of ether oxygens (including phenoxy) is 3. The Bertz CT molecular complexity index is 519. The van der Waals surface area contributed by atoms with Crippen LogP contribution in [0, 0.1) is 0 Å². The minimum absolute atomic E-state index is 0.00955. The molecule has 122 valence electrons. The quantitative estimate of drug-likeness (QED) is 0.790. The summed E-state index contributed by atoms with van der Waals surface area (Å²) < 4.78 is 16.7. The highest BCUT2D eigenvalue weighted by Gasteiger charge is 2.17. The van der Waals surface area contributed by atoms with E-state index in [1.807, 2.05) is 12.1 Å². The summed E-state index contributed by atoms with van der Waals surface area (Å²) in [5.74, 6) is 1.27. The highest BCUT2D eigenvalue weighted by Crippen LogP contribution is 2.33. The van der Waals surface area contributed by atoms with E-state index in [0.717, 1.165) is 16.6 Å². The van der Waals surface area contributed by atoms with Gasteiger partial charge in [-0.1, -0.05) is 15.9 Å². The van der Waals surface area contributed by atoms with Crippen LogP contribution in [-0.2, 0) is 16.1 Å². The summed E-state index contributed by atoms with van der Waals surface area (Å²) in [5, 5.41) is 6.18. The molecule has 2 N–H and O–H groups in total. The van der Waals surface area contributed by atoms with Crippen LogP contribution in [-0.4, -0.2) is 45.9 Å². The van der Waals surface area contributed by atoms with E-state index in [4.69, 9.17) is 14.2 Å². The lowest BCUT2D eigenvalue weighted by atomic mass is 10.1. The molecule has 7 heteroatoms. The maximum Gasteiger partial charge on any atom is 0.221 e. The Hall–Kier alpha value is -1.31. The molecule has 1 aliphatic heterocycles. The number of benzene rings is 1. The second-order valence-corrected chi connectivity index (χ2v) is 5.86. The van der Waals surface area contributed by atoms with Crippen molar-refractivity contribution >= 4 is 21.8 Å². The van der Waals surface area contributed by atoms with E-state index in [-0.39, 0.29) is 11.9 Å². The van der Waals surface area contributed by atoms with Crippen molar-refractivity contribution in [1.82, 2.24) is 10.6 Å². The van der Waals surface area contributed by atoms with Crippen molar-refractivity contribution in [3.8, 4) is 11.5 Å². The molecule has 0 radical (unpaired) electrons. The zero-order valence-electron chi connectivity index (χ0n) is 12.8. The molecule has 1 aliphatic rings. The molecule has 1 unspecified atom stereocenters. The molecule has 22 heavy (non-hydrogen) atoms. The van der Waals surface area contributed by atoms with Gasteiger partial charge in [0, 0.05) is 30.0 Å². The third-order valence-corrected chi connectivity index (χ3v) is 4.20. The number of nitrogens with one attached hydrogen (secondary N) is 2. The lowest BCUT2D eigenvalue weighted by Gasteiger charge is -2.23. The van der Waals surface area contributed by atoms with E-state index in [2.05, 4.69) is 26.6 Å². The van der Waals surface area contributed by atoms with Crippen molar-refractivity contribution in [2.24, 2.45) is 0 Å². The predicted octanol–water partition coefficient (Wildman–Crippen LogP) is 1.46. The molecule has 1 heterocycles. The molecule has 1 aromatic rings. The standard InChI is InChI=1S/C15H21BrN2O4/c1-20-13-5-10(12(16)7-14(13)21-2)8-18-15(19)6-11-9-22-4-3-17-11/h5,7,11,17H,3-4,6,8-9H2,1-2H3,(H,18,19). The Kier molecular flexibility index (Phi) is 6.48. The molecule has 0 aliphatic carbocycles. The van der Waals surface area contributed by atoms with Crippen LogP contribution in [0.5, 0.6) is 11.5 Å². The van der Waals surface area contributed by atoms with Crippen molar-refractivity contribution in [2.45, 2.75) is 19.0 Å². The van der Waals surface area contributed by atoms with Crippen LogP contribution in [0.3, 0.4) is 0 Å². The SMILES string of the molecule is COc1cc(Br)c(CNC(=O)CC2COCCN2)cc1OC. The summed E-state index contributed by atoms with van der Waals surface area (Å²) in [6, 6.07) is 3.77. The number of carbonyl (C=O) groups excluding carboxylic acids is 1. The highest BCUT2D eigenvalue weighted by molar-refractivity contribution is 9.10. The Labute approximate surface area is 138 Å². The van der Waals surface area contributed by atoms with Crippen LogP contribution in [0.15, 0.2) is 16.6 Å². The largest absolute Gasteiger partial charge is 0.493 e. The first kappa shape index (κ1) is 17.1. The Morgan fingerprint density at radius 3 is 2.77 bits per heavy atom. The summed E-state index contributed by atoms with van der Waals surface area (Å²) in [7, 11) is 3.17. The van der Waals surface area contributed by atoms with Gasteiger partial charge in [-0.15, -0.1) is 0 Å². The number of carbonyl (C=O) groups is 1. The lowest BCUT2D eigenvalue weighted by molar-refractivity contribution is -0.122. The van der Waals surface area contributed by atoms with Crippen molar-refractivity contribution in [3.63, 3.8) is 0 Å². The summed E-state index contributed by atoms with van der Waals surface area (Å²) in [4.78, 5) is 12.0. The zero-order chi connectivity index (χ0) is 15.9. The van der Waals surface area contributed by atoms with Gasteiger partial charge in [0.15, 0.2) is 11.5 Å². The van der Waals surface area contributed by atoms with Gasteiger partial charge in [0.05, 0.1) is 27.4 Å². The normalized spacial score (nSPS) is 17.9.